The largest absolute Gasteiger partial charge is 0.490 e. The van der Waals surface area contributed by atoms with Crippen LogP contribution in [0.4, 0.5) is 26.3 Å². The van der Waals surface area contributed by atoms with Crippen molar-refractivity contribution in [1.29, 1.82) is 0 Å². The highest BCUT2D eigenvalue weighted by atomic mass is 19.4. The molecule has 2 aromatic carbocycles. The van der Waals surface area contributed by atoms with E-state index in [0.717, 1.165) is 12.0 Å². The van der Waals surface area contributed by atoms with Crippen LogP contribution < -0.4 is 10.1 Å². The maximum atomic E-state index is 14.1. The predicted molar refractivity (Wildman–Crippen MR) is 122 cm³/mol. The van der Waals surface area contributed by atoms with Crippen LogP contribution in [-0.2, 0) is 17.5 Å². The molecule has 5 aliphatic rings. The van der Waals surface area contributed by atoms with Crippen LogP contribution in [0.15, 0.2) is 30.3 Å². The zero-order valence-corrected chi connectivity index (χ0v) is 19.8. The highest BCUT2D eigenvalue weighted by molar-refractivity contribution is 5.89. The molecule has 37 heavy (non-hydrogen) atoms. The lowest BCUT2D eigenvalue weighted by atomic mass is 9.87. The molecule has 6 atom stereocenters. The van der Waals surface area contributed by atoms with Gasteiger partial charge in [-0.2, -0.15) is 26.3 Å². The third-order valence-electron chi connectivity index (χ3n) is 9.18. The average Bonchev–Trinajstić information content (AvgIpc) is 3.11. The van der Waals surface area contributed by atoms with E-state index in [0.29, 0.717) is 23.8 Å². The molecule has 0 aromatic heterocycles. The number of aliphatic carboxylic acids is 1. The third kappa shape index (κ3) is 4.25. The van der Waals surface area contributed by atoms with E-state index in [-0.39, 0.29) is 60.6 Å². The normalized spacial score (nSPS) is 34.6. The zero-order valence-electron chi connectivity index (χ0n) is 19.8. The lowest BCUT2D eigenvalue weighted by Crippen LogP contribution is -2.34. The maximum Gasteiger partial charge on any atom is 0.420 e. The van der Waals surface area contributed by atoms with Crippen LogP contribution in [0.5, 0.6) is 5.75 Å². The smallest absolute Gasteiger partial charge is 0.420 e. The standard InChI is InChI=1S/C27H27F6NO3/c28-26(29,30)14-3-5-15(6-4-14)37-19-8-2-13-9-12(1-7-16(13)23(19)27(31,32)33)11-34-24-18-10-17-20(21(17)24)22(18)25(35)36/h1-2,7-9,14-15,17-18,20-22,24,34H,3-6,10-11H2,(H,35,36)/t14?,15?,17-,18+,20?,21+,22?,24?/m0/s1. The Morgan fingerprint density at radius 2 is 1.70 bits per heavy atom. The first-order valence-corrected chi connectivity index (χ1v) is 12.8. The SMILES string of the molecule is O=C(O)C1C2[C@@H]3C(NCc4ccc5c(C(F)(F)F)c(OC6CCC(C(F)(F)F)CC6)ccc5c4)[C@@H]1C[C@@H]23. The summed E-state index contributed by atoms with van der Waals surface area (Å²) in [5.41, 5.74) is -0.114. The minimum absolute atomic E-state index is 0.0194. The monoisotopic (exact) mass is 527 g/mol. The molecule has 4 bridgehead atoms. The first-order valence-electron chi connectivity index (χ1n) is 12.8. The minimum atomic E-state index is -4.70. The van der Waals surface area contributed by atoms with Gasteiger partial charge < -0.3 is 15.2 Å². The Morgan fingerprint density at radius 1 is 0.973 bits per heavy atom. The summed E-state index contributed by atoms with van der Waals surface area (Å²) in [6.45, 7) is 0.432. The van der Waals surface area contributed by atoms with Crippen LogP contribution in [0.25, 0.3) is 10.8 Å². The molecule has 0 amide bonds. The summed E-state index contributed by atoms with van der Waals surface area (Å²) in [4.78, 5) is 11.6. The summed E-state index contributed by atoms with van der Waals surface area (Å²) < 4.78 is 86.8. The second-order valence-corrected chi connectivity index (χ2v) is 11.1. The predicted octanol–water partition coefficient (Wildman–Crippen LogP) is 6.41. The van der Waals surface area contributed by atoms with E-state index >= 15 is 0 Å². The van der Waals surface area contributed by atoms with Gasteiger partial charge in [0.15, 0.2) is 0 Å². The molecule has 4 nitrogen and oxygen atoms in total. The van der Waals surface area contributed by atoms with Crippen LogP contribution in [-0.4, -0.2) is 29.4 Å². The van der Waals surface area contributed by atoms with Gasteiger partial charge in [-0.3, -0.25) is 4.79 Å². The van der Waals surface area contributed by atoms with Gasteiger partial charge in [-0.05, 0) is 84.2 Å². The number of hydrogen-bond donors (Lipinski definition) is 2. The Morgan fingerprint density at radius 3 is 2.30 bits per heavy atom. The lowest BCUT2D eigenvalue weighted by Gasteiger charge is -2.31. The van der Waals surface area contributed by atoms with Crippen LogP contribution in [0.2, 0.25) is 0 Å². The summed E-state index contributed by atoms with van der Waals surface area (Å²) in [7, 11) is 0. The van der Waals surface area contributed by atoms with E-state index < -0.39 is 35.9 Å². The van der Waals surface area contributed by atoms with Gasteiger partial charge in [0.05, 0.1) is 17.9 Å². The highest BCUT2D eigenvalue weighted by Crippen LogP contribution is 2.73. The van der Waals surface area contributed by atoms with E-state index in [1.54, 1.807) is 18.2 Å². The first kappa shape index (κ1) is 24.8. The van der Waals surface area contributed by atoms with Gasteiger partial charge in [0, 0.05) is 12.6 Å². The molecule has 0 aliphatic heterocycles. The van der Waals surface area contributed by atoms with Crippen LogP contribution in [0.3, 0.4) is 0 Å². The molecule has 0 spiro atoms. The van der Waals surface area contributed by atoms with Gasteiger partial charge >= 0.3 is 18.3 Å². The molecule has 5 saturated carbocycles. The Bertz CT molecular complexity index is 1220. The molecule has 5 fully saturated rings. The topological polar surface area (TPSA) is 58.6 Å². The Kier molecular flexibility index (Phi) is 5.71. The van der Waals surface area contributed by atoms with Crippen LogP contribution >= 0.6 is 0 Å². The lowest BCUT2D eigenvalue weighted by molar-refractivity contribution is -0.185. The van der Waals surface area contributed by atoms with Crippen LogP contribution in [0.1, 0.15) is 43.2 Å². The molecule has 5 aliphatic carbocycles. The van der Waals surface area contributed by atoms with Gasteiger partial charge in [-0.25, -0.2) is 0 Å². The Hall–Kier alpha value is -2.49. The Balaban J connectivity index is 1.18. The molecule has 2 N–H and O–H groups in total. The number of carboxylic acids is 1. The molecule has 0 heterocycles. The number of rotatable bonds is 6. The number of hydrogen-bond acceptors (Lipinski definition) is 3. The quantitative estimate of drug-likeness (QED) is 0.426. The van der Waals surface area contributed by atoms with Gasteiger partial charge in [0.2, 0.25) is 0 Å². The van der Waals surface area contributed by atoms with Crippen molar-refractivity contribution < 1.29 is 41.0 Å². The molecular weight excluding hydrogens is 500 g/mol. The number of carboxylic acid groups (broad SMARTS) is 1. The molecule has 10 heteroatoms. The van der Waals surface area contributed by atoms with Crippen molar-refractivity contribution in [3.05, 3.63) is 41.5 Å². The zero-order chi connectivity index (χ0) is 26.3. The molecule has 7 rings (SSSR count). The minimum Gasteiger partial charge on any atom is -0.490 e. The summed E-state index contributed by atoms with van der Waals surface area (Å²) in [6, 6.07) is 7.66. The van der Waals surface area contributed by atoms with Crippen molar-refractivity contribution in [2.45, 2.75) is 63.1 Å². The fourth-order valence-electron chi connectivity index (χ4n) is 7.57. The number of carbonyl (C=O) groups is 1. The molecule has 0 radical (unpaired) electrons. The number of halogens is 6. The second-order valence-electron chi connectivity index (χ2n) is 11.1. The van der Waals surface area contributed by atoms with E-state index in [2.05, 4.69) is 5.32 Å². The van der Waals surface area contributed by atoms with Crippen molar-refractivity contribution in [2.24, 2.45) is 35.5 Å². The fraction of sp³-hybridized carbons (Fsp3) is 0.593. The van der Waals surface area contributed by atoms with Crippen molar-refractivity contribution >= 4 is 16.7 Å². The van der Waals surface area contributed by atoms with Gasteiger partial charge in [-0.1, -0.05) is 18.2 Å². The van der Waals surface area contributed by atoms with Crippen molar-refractivity contribution in [3.8, 4) is 5.75 Å². The van der Waals surface area contributed by atoms with Crippen molar-refractivity contribution in [2.75, 3.05) is 0 Å². The molecule has 2 aromatic rings. The van der Waals surface area contributed by atoms with Gasteiger partial charge in [0.25, 0.3) is 0 Å². The number of ether oxygens (including phenoxy) is 1. The van der Waals surface area contributed by atoms with E-state index in [9.17, 15) is 36.2 Å². The maximum absolute atomic E-state index is 14.1. The first-order chi connectivity index (χ1) is 17.4. The van der Waals surface area contributed by atoms with Gasteiger partial charge in [0.1, 0.15) is 11.3 Å². The molecular formula is C27H27F6NO3. The second kappa shape index (κ2) is 8.51. The summed E-state index contributed by atoms with van der Waals surface area (Å²) in [5, 5.41) is 13.4. The fourth-order valence-corrected chi connectivity index (χ4v) is 7.57. The summed E-state index contributed by atoms with van der Waals surface area (Å²) in [5.74, 6) is -1.58. The Labute approximate surface area is 209 Å². The number of alkyl halides is 6. The molecule has 200 valence electrons. The number of nitrogens with one attached hydrogen (secondary N) is 1. The van der Waals surface area contributed by atoms with Crippen LogP contribution in [0, 0.1) is 35.5 Å². The highest BCUT2D eigenvalue weighted by Gasteiger charge is 2.75. The summed E-state index contributed by atoms with van der Waals surface area (Å²) in [6.07, 6.45) is -8.97. The number of fused-ring (bicyclic) bond motifs is 1. The van der Waals surface area contributed by atoms with E-state index in [4.69, 9.17) is 4.74 Å². The van der Waals surface area contributed by atoms with Crippen molar-refractivity contribution in [1.82, 2.24) is 5.32 Å². The van der Waals surface area contributed by atoms with E-state index in [1.807, 2.05) is 0 Å². The van der Waals surface area contributed by atoms with E-state index in [1.165, 1.54) is 12.1 Å². The third-order valence-corrected chi connectivity index (χ3v) is 9.18. The molecule has 0 saturated heterocycles. The number of benzene rings is 2. The summed E-state index contributed by atoms with van der Waals surface area (Å²) >= 11 is 0. The van der Waals surface area contributed by atoms with Gasteiger partial charge in [-0.15, -0.1) is 0 Å². The molecule has 3 unspecified atom stereocenters. The van der Waals surface area contributed by atoms with Crippen molar-refractivity contribution in [3.63, 3.8) is 0 Å². The average molecular weight is 528 g/mol.